The lowest BCUT2D eigenvalue weighted by Gasteiger charge is -2.20. The summed E-state index contributed by atoms with van der Waals surface area (Å²) in [6.45, 7) is 9.97. The average Bonchev–Trinajstić information content (AvgIpc) is 2.27. The summed E-state index contributed by atoms with van der Waals surface area (Å²) in [6.07, 6.45) is 3.58. The van der Waals surface area contributed by atoms with E-state index in [0.717, 1.165) is 12.8 Å². The fourth-order valence-electron chi connectivity index (χ4n) is 1.43. The molecule has 0 aromatic heterocycles. The van der Waals surface area contributed by atoms with Crippen molar-refractivity contribution in [3.05, 3.63) is 0 Å². The van der Waals surface area contributed by atoms with Gasteiger partial charge < -0.3 is 0 Å². The molecule has 0 aliphatic rings. The fraction of sp³-hybridized carbons (Fsp3) is 0.857. The van der Waals surface area contributed by atoms with Crippen molar-refractivity contribution in [2.45, 2.75) is 66.7 Å². The Labute approximate surface area is 99.8 Å². The van der Waals surface area contributed by atoms with Crippen molar-refractivity contribution in [1.82, 2.24) is 0 Å². The van der Waals surface area contributed by atoms with Crippen LogP contribution in [-0.2, 0) is 9.59 Å². The van der Waals surface area contributed by atoms with Crippen LogP contribution in [0.4, 0.5) is 0 Å². The highest BCUT2D eigenvalue weighted by Crippen LogP contribution is 2.23. The molecule has 0 radical (unpaired) electrons. The Hall–Kier alpha value is -0.660. The molecule has 1 atom stereocenters. The zero-order chi connectivity index (χ0) is 12.8. The maximum atomic E-state index is 11.8. The summed E-state index contributed by atoms with van der Waals surface area (Å²) in [6, 6.07) is 0. The third kappa shape index (κ3) is 4.91. The van der Waals surface area contributed by atoms with E-state index < -0.39 is 0 Å². The predicted molar refractivity (Wildman–Crippen MR) is 67.4 cm³/mol. The predicted octanol–water partition coefficient (Wildman–Crippen LogP) is 3.78. The van der Waals surface area contributed by atoms with Gasteiger partial charge in [0.05, 0.1) is 0 Å². The van der Waals surface area contributed by atoms with Gasteiger partial charge in [0.1, 0.15) is 11.6 Å². The number of hydrogen-bond donors (Lipinski definition) is 0. The maximum absolute atomic E-state index is 11.8. The van der Waals surface area contributed by atoms with Gasteiger partial charge in [0.2, 0.25) is 0 Å². The maximum Gasteiger partial charge on any atom is 0.138 e. The zero-order valence-electron chi connectivity index (χ0n) is 11.4. The van der Waals surface area contributed by atoms with E-state index in [9.17, 15) is 9.59 Å². The molecule has 0 aromatic rings. The minimum absolute atomic E-state index is 0.147. The van der Waals surface area contributed by atoms with E-state index in [1.807, 2.05) is 34.6 Å². The molecular formula is C14H26O2. The average molecular weight is 226 g/mol. The van der Waals surface area contributed by atoms with Crippen molar-refractivity contribution < 1.29 is 9.59 Å². The molecule has 0 saturated heterocycles. The van der Waals surface area contributed by atoms with E-state index in [0.29, 0.717) is 25.0 Å². The minimum atomic E-state index is -0.223. The first-order valence-electron chi connectivity index (χ1n) is 6.41. The van der Waals surface area contributed by atoms with Crippen molar-refractivity contribution in [3.8, 4) is 0 Å². The third-order valence-electron chi connectivity index (χ3n) is 3.63. The molecular weight excluding hydrogens is 200 g/mol. The smallest absolute Gasteiger partial charge is 0.138 e. The van der Waals surface area contributed by atoms with Gasteiger partial charge in [-0.2, -0.15) is 0 Å². The Balaban J connectivity index is 3.92. The molecule has 0 aromatic carbocycles. The molecule has 0 spiro atoms. The van der Waals surface area contributed by atoms with Gasteiger partial charge in [0.15, 0.2) is 0 Å². The fourth-order valence-corrected chi connectivity index (χ4v) is 1.43. The van der Waals surface area contributed by atoms with Gasteiger partial charge in [0, 0.05) is 24.2 Å². The highest BCUT2D eigenvalue weighted by molar-refractivity contribution is 5.85. The van der Waals surface area contributed by atoms with Gasteiger partial charge in [0.25, 0.3) is 0 Å². The molecule has 2 nitrogen and oxygen atoms in total. The quantitative estimate of drug-likeness (QED) is 0.631. The topological polar surface area (TPSA) is 34.1 Å². The van der Waals surface area contributed by atoms with Gasteiger partial charge in [-0.3, -0.25) is 9.59 Å². The summed E-state index contributed by atoms with van der Waals surface area (Å²) in [5, 5.41) is 0. The molecule has 0 saturated carbocycles. The Morgan fingerprint density at radius 1 is 1.12 bits per heavy atom. The lowest BCUT2D eigenvalue weighted by atomic mass is 9.83. The van der Waals surface area contributed by atoms with E-state index in [1.54, 1.807) is 0 Å². The molecule has 1 unspecified atom stereocenters. The Morgan fingerprint density at radius 2 is 1.69 bits per heavy atom. The van der Waals surface area contributed by atoms with Gasteiger partial charge in [-0.05, 0) is 19.3 Å². The van der Waals surface area contributed by atoms with Crippen LogP contribution in [0.15, 0.2) is 0 Å². The van der Waals surface area contributed by atoms with Crippen molar-refractivity contribution in [2.75, 3.05) is 0 Å². The molecule has 2 heteroatoms. The molecule has 0 fully saturated rings. The Bertz CT molecular complexity index is 241. The summed E-state index contributed by atoms with van der Waals surface area (Å²) in [7, 11) is 0. The van der Waals surface area contributed by atoms with Crippen LogP contribution in [0.25, 0.3) is 0 Å². The summed E-state index contributed by atoms with van der Waals surface area (Å²) >= 11 is 0. The van der Waals surface area contributed by atoms with Gasteiger partial charge in [-0.25, -0.2) is 0 Å². The van der Waals surface area contributed by atoms with Crippen LogP contribution < -0.4 is 0 Å². The van der Waals surface area contributed by atoms with Crippen LogP contribution in [0.3, 0.4) is 0 Å². The van der Waals surface area contributed by atoms with Crippen molar-refractivity contribution in [3.63, 3.8) is 0 Å². The molecule has 0 N–H and O–H groups in total. The summed E-state index contributed by atoms with van der Waals surface area (Å²) in [5.41, 5.74) is -0.223. The number of carbonyl (C=O) groups excluding carboxylic acids is 2. The molecule has 0 aliphatic carbocycles. The lowest BCUT2D eigenvalue weighted by molar-refractivity contribution is -0.127. The second-order valence-electron chi connectivity index (χ2n) is 5.29. The standard InChI is InChI=1S/C14H26O2/c1-6-11(3)12(15)9-8-10-13(16)14(4,5)7-2/h11H,6-10H2,1-5H3. The molecule has 0 amide bonds. The van der Waals surface area contributed by atoms with Crippen LogP contribution >= 0.6 is 0 Å². The van der Waals surface area contributed by atoms with Gasteiger partial charge >= 0.3 is 0 Å². The number of carbonyl (C=O) groups is 2. The third-order valence-corrected chi connectivity index (χ3v) is 3.63. The molecule has 0 aliphatic heterocycles. The second-order valence-corrected chi connectivity index (χ2v) is 5.29. The number of Topliss-reactive ketones (excluding diaryl/α,β-unsaturated/α-hetero) is 2. The monoisotopic (exact) mass is 226 g/mol. The van der Waals surface area contributed by atoms with Crippen LogP contribution in [0.5, 0.6) is 0 Å². The lowest BCUT2D eigenvalue weighted by Crippen LogP contribution is -2.23. The van der Waals surface area contributed by atoms with Crippen LogP contribution in [-0.4, -0.2) is 11.6 Å². The summed E-state index contributed by atoms with van der Waals surface area (Å²) in [5.74, 6) is 0.728. The Kier molecular flexibility index (Phi) is 6.54. The number of ketones is 2. The molecule has 0 heterocycles. The first-order valence-corrected chi connectivity index (χ1v) is 6.41. The normalized spacial score (nSPS) is 13.6. The van der Waals surface area contributed by atoms with Crippen LogP contribution in [0, 0.1) is 11.3 Å². The SMILES string of the molecule is CCC(C)C(=O)CCCC(=O)C(C)(C)CC. The summed E-state index contributed by atoms with van der Waals surface area (Å²) in [4.78, 5) is 23.4. The molecule has 0 rings (SSSR count). The van der Waals surface area contributed by atoms with E-state index in [1.165, 1.54) is 0 Å². The number of rotatable bonds is 8. The molecule has 16 heavy (non-hydrogen) atoms. The summed E-state index contributed by atoms with van der Waals surface area (Å²) < 4.78 is 0. The molecule has 0 bridgehead atoms. The van der Waals surface area contributed by atoms with Crippen molar-refractivity contribution in [2.24, 2.45) is 11.3 Å². The zero-order valence-corrected chi connectivity index (χ0v) is 11.4. The Morgan fingerprint density at radius 3 is 2.12 bits per heavy atom. The van der Waals surface area contributed by atoms with E-state index >= 15 is 0 Å². The van der Waals surface area contributed by atoms with E-state index in [2.05, 4.69) is 0 Å². The first-order chi connectivity index (χ1) is 7.35. The van der Waals surface area contributed by atoms with Crippen LogP contribution in [0.1, 0.15) is 66.7 Å². The van der Waals surface area contributed by atoms with Crippen molar-refractivity contribution in [1.29, 1.82) is 0 Å². The highest BCUT2D eigenvalue weighted by Gasteiger charge is 2.24. The van der Waals surface area contributed by atoms with E-state index in [-0.39, 0.29) is 17.1 Å². The largest absolute Gasteiger partial charge is 0.299 e. The first kappa shape index (κ1) is 15.3. The molecule has 94 valence electrons. The second kappa shape index (κ2) is 6.82. The van der Waals surface area contributed by atoms with E-state index in [4.69, 9.17) is 0 Å². The number of hydrogen-bond acceptors (Lipinski definition) is 2. The minimum Gasteiger partial charge on any atom is -0.299 e. The van der Waals surface area contributed by atoms with Gasteiger partial charge in [-0.1, -0.05) is 34.6 Å². The van der Waals surface area contributed by atoms with Crippen molar-refractivity contribution >= 4 is 11.6 Å². The van der Waals surface area contributed by atoms with Gasteiger partial charge in [-0.15, -0.1) is 0 Å². The van der Waals surface area contributed by atoms with Crippen LogP contribution in [0.2, 0.25) is 0 Å². The highest BCUT2D eigenvalue weighted by atomic mass is 16.1.